The van der Waals surface area contributed by atoms with E-state index in [0.29, 0.717) is 23.7 Å². The highest BCUT2D eigenvalue weighted by Gasteiger charge is 2.35. The predicted molar refractivity (Wildman–Crippen MR) is 240 cm³/mol. The molecule has 366 valence electrons. The number of aliphatic imine (C=N–C) groups is 1. The molecule has 0 aromatic heterocycles. The monoisotopic (exact) mass is 913 g/mol. The van der Waals surface area contributed by atoms with Crippen LogP contribution in [0, 0.1) is 5.92 Å². The average molecular weight is 913 g/mol. The van der Waals surface area contributed by atoms with Crippen LogP contribution in [-0.4, -0.2) is 157 Å². The van der Waals surface area contributed by atoms with E-state index in [9.17, 15) is 48.3 Å². The molecule has 0 saturated carbocycles. The van der Waals surface area contributed by atoms with Crippen LogP contribution in [0.5, 0.6) is 0 Å². The standard InChI is InChI=1S/C41H77N13O10/c1-12-13-17-28(51-40(64)32(26(7)55)53-35(59)24(5)46-27(8)56)38(62)52-31(22(2)3)39(63)48-25(6)34(58)49-30(19-16-20-45-41(43)44)37(61)50-29(18-14-15-21-54(9,10)11)36(60)47-23(4)33(42)57/h22-26,28-32,55H,12-21H2,1-11H3,(H13-,42,43,44,45,46,47,48,49,50,51,52,53,56,57,58,59,60,61,62,63,64)/p+1/t23-,24-,25-,26+,28-,29-,30-,31-,32-/m0/s1. The van der Waals surface area contributed by atoms with Crippen LogP contribution < -0.4 is 59.7 Å². The zero-order valence-electron chi connectivity index (χ0n) is 39.6. The number of aliphatic hydroxyl groups is 1. The average Bonchev–Trinajstić information content (AvgIpc) is 3.17. The van der Waals surface area contributed by atoms with Gasteiger partial charge in [0.1, 0.15) is 48.3 Å². The van der Waals surface area contributed by atoms with E-state index < -0.39 is 114 Å². The number of nitrogens with one attached hydrogen (secondary N) is 8. The van der Waals surface area contributed by atoms with Crippen molar-refractivity contribution >= 4 is 59.1 Å². The molecule has 0 rings (SSSR count). The maximum atomic E-state index is 13.8. The van der Waals surface area contributed by atoms with E-state index in [4.69, 9.17) is 17.2 Å². The Kier molecular flexibility index (Phi) is 26.5. The Hall–Kier alpha value is -5.58. The number of rotatable bonds is 30. The summed E-state index contributed by atoms with van der Waals surface area (Å²) >= 11 is 0. The third-order valence-electron chi connectivity index (χ3n) is 9.92. The third-order valence-corrected chi connectivity index (χ3v) is 9.92. The molecule has 0 radical (unpaired) electrons. The van der Waals surface area contributed by atoms with E-state index in [2.05, 4.69) is 47.5 Å². The molecular formula is C41H78N13O10+. The number of guanidine groups is 1. The number of primary amides is 1. The number of quaternary nitrogens is 1. The first kappa shape index (κ1) is 58.4. The number of amides is 9. The largest absolute Gasteiger partial charge is 0.391 e. The van der Waals surface area contributed by atoms with Gasteiger partial charge in [0.2, 0.25) is 53.2 Å². The first-order chi connectivity index (χ1) is 29.6. The van der Waals surface area contributed by atoms with Crippen molar-refractivity contribution in [1.82, 2.24) is 42.5 Å². The molecular weight excluding hydrogens is 835 g/mol. The number of hydrogen-bond donors (Lipinski definition) is 12. The quantitative estimate of drug-likeness (QED) is 0.0145. The van der Waals surface area contributed by atoms with Gasteiger partial charge in [0, 0.05) is 13.5 Å². The topological polar surface area (TPSA) is 361 Å². The molecule has 9 amide bonds. The van der Waals surface area contributed by atoms with Gasteiger partial charge in [-0.15, -0.1) is 0 Å². The van der Waals surface area contributed by atoms with Crippen LogP contribution in [0.25, 0.3) is 0 Å². The summed E-state index contributed by atoms with van der Waals surface area (Å²) in [6.07, 6.45) is 1.59. The second kappa shape index (κ2) is 29.0. The van der Waals surface area contributed by atoms with Crippen molar-refractivity contribution in [3.05, 3.63) is 0 Å². The molecule has 0 aliphatic carbocycles. The molecule has 0 aromatic carbocycles. The lowest BCUT2D eigenvalue weighted by molar-refractivity contribution is -0.870. The normalized spacial score (nSPS) is 15.5. The van der Waals surface area contributed by atoms with Gasteiger partial charge >= 0.3 is 0 Å². The van der Waals surface area contributed by atoms with Gasteiger partial charge in [-0.2, -0.15) is 0 Å². The molecule has 23 heteroatoms. The Balaban J connectivity index is 6.22. The number of carbonyl (C=O) groups is 9. The van der Waals surface area contributed by atoms with Gasteiger partial charge in [0.15, 0.2) is 5.96 Å². The summed E-state index contributed by atoms with van der Waals surface area (Å²) in [6.45, 7) is 12.7. The smallest absolute Gasteiger partial charge is 0.245 e. The maximum Gasteiger partial charge on any atom is 0.245 e. The Labute approximate surface area is 377 Å². The fourth-order valence-electron chi connectivity index (χ4n) is 6.08. The van der Waals surface area contributed by atoms with Crippen molar-refractivity contribution in [1.29, 1.82) is 0 Å². The minimum absolute atomic E-state index is 0.0199. The third kappa shape index (κ3) is 23.7. The fourth-order valence-corrected chi connectivity index (χ4v) is 6.08. The number of nitrogens with two attached hydrogens (primary N) is 3. The van der Waals surface area contributed by atoms with Gasteiger partial charge in [-0.05, 0) is 72.1 Å². The molecule has 15 N–H and O–H groups in total. The van der Waals surface area contributed by atoms with Crippen LogP contribution in [0.1, 0.15) is 107 Å². The number of unbranched alkanes of at least 4 members (excludes halogenated alkanes) is 2. The van der Waals surface area contributed by atoms with E-state index in [0.717, 1.165) is 13.0 Å². The highest BCUT2D eigenvalue weighted by atomic mass is 16.3. The van der Waals surface area contributed by atoms with Gasteiger partial charge in [-0.3, -0.25) is 48.1 Å². The van der Waals surface area contributed by atoms with Crippen molar-refractivity contribution in [3.63, 3.8) is 0 Å². The molecule has 23 nitrogen and oxygen atoms in total. The van der Waals surface area contributed by atoms with Gasteiger partial charge in [0.05, 0.1) is 33.8 Å². The lowest BCUT2D eigenvalue weighted by Gasteiger charge is -2.29. The number of hydrogen-bond acceptors (Lipinski definition) is 11. The summed E-state index contributed by atoms with van der Waals surface area (Å²) in [5.74, 6) is -7.22. The highest BCUT2D eigenvalue weighted by Crippen LogP contribution is 2.10. The summed E-state index contributed by atoms with van der Waals surface area (Å²) in [7, 11) is 6.06. The minimum atomic E-state index is -1.49. The molecule has 0 fully saturated rings. The lowest BCUT2D eigenvalue weighted by Crippen LogP contribution is -2.61. The fraction of sp³-hybridized carbons (Fsp3) is 0.756. The minimum Gasteiger partial charge on any atom is -0.391 e. The summed E-state index contributed by atoms with van der Waals surface area (Å²) in [6, 6.07) is -9.53. The van der Waals surface area contributed by atoms with E-state index in [1.165, 1.54) is 34.6 Å². The summed E-state index contributed by atoms with van der Waals surface area (Å²) in [4.78, 5) is 121. The Morgan fingerprint density at radius 2 is 0.953 bits per heavy atom. The number of nitrogens with zero attached hydrogens (tertiary/aromatic N) is 2. The van der Waals surface area contributed by atoms with Crippen molar-refractivity contribution in [2.75, 3.05) is 34.2 Å². The van der Waals surface area contributed by atoms with E-state index in [-0.39, 0.29) is 38.2 Å². The molecule has 0 aromatic rings. The second-order valence-corrected chi connectivity index (χ2v) is 17.5. The predicted octanol–water partition coefficient (Wildman–Crippen LogP) is -3.41. The molecule has 0 saturated heterocycles. The summed E-state index contributed by atoms with van der Waals surface area (Å²) in [5, 5.41) is 30.7. The SMILES string of the molecule is CCCC[C@H](NC(=O)[C@@H](NC(=O)[C@H](C)NC(C)=O)[C@@H](C)O)C(=O)N[C@H](C(=O)N[C@@H](C)C(=O)N[C@@H](CCCN=C(N)N)C(=O)N[C@@H](CCCC[N+](C)(C)C)C(=O)N[C@@H](C)C(N)=O)C(C)C. The summed E-state index contributed by atoms with van der Waals surface area (Å²) in [5.41, 5.74) is 16.3. The highest BCUT2D eigenvalue weighted by molar-refractivity contribution is 5.98. The van der Waals surface area contributed by atoms with Crippen LogP contribution >= 0.6 is 0 Å². The van der Waals surface area contributed by atoms with Crippen LogP contribution in [0.15, 0.2) is 4.99 Å². The Bertz CT molecular complexity index is 1610. The van der Waals surface area contributed by atoms with Crippen molar-refractivity contribution < 1.29 is 52.7 Å². The Morgan fingerprint density at radius 1 is 0.531 bits per heavy atom. The molecule has 0 aliphatic heterocycles. The zero-order chi connectivity index (χ0) is 49.5. The lowest BCUT2D eigenvalue weighted by atomic mass is 10.0. The first-order valence-corrected chi connectivity index (χ1v) is 21.8. The maximum absolute atomic E-state index is 13.8. The zero-order valence-corrected chi connectivity index (χ0v) is 39.6. The van der Waals surface area contributed by atoms with Crippen LogP contribution in [0.2, 0.25) is 0 Å². The van der Waals surface area contributed by atoms with Gasteiger partial charge in [0.25, 0.3) is 0 Å². The molecule has 9 atom stereocenters. The second-order valence-electron chi connectivity index (χ2n) is 17.5. The Morgan fingerprint density at radius 3 is 1.44 bits per heavy atom. The first-order valence-electron chi connectivity index (χ1n) is 21.8. The molecule has 0 bridgehead atoms. The molecule has 0 heterocycles. The van der Waals surface area contributed by atoms with Crippen LogP contribution in [-0.2, 0) is 43.2 Å². The molecule has 0 unspecified atom stereocenters. The van der Waals surface area contributed by atoms with E-state index in [1.54, 1.807) is 13.8 Å². The van der Waals surface area contributed by atoms with Gasteiger partial charge in [-0.1, -0.05) is 33.6 Å². The molecule has 64 heavy (non-hydrogen) atoms. The van der Waals surface area contributed by atoms with Crippen LogP contribution in [0.3, 0.4) is 0 Å². The van der Waals surface area contributed by atoms with Crippen molar-refractivity contribution in [2.45, 2.75) is 161 Å². The van der Waals surface area contributed by atoms with E-state index in [1.807, 2.05) is 28.1 Å². The summed E-state index contributed by atoms with van der Waals surface area (Å²) < 4.78 is 0.680. The van der Waals surface area contributed by atoms with Crippen molar-refractivity contribution in [2.24, 2.45) is 28.1 Å². The van der Waals surface area contributed by atoms with Gasteiger partial charge in [-0.25, -0.2) is 0 Å². The number of carbonyl (C=O) groups excluding carboxylic acids is 9. The van der Waals surface area contributed by atoms with Crippen molar-refractivity contribution in [3.8, 4) is 0 Å². The molecule has 0 spiro atoms. The van der Waals surface area contributed by atoms with Crippen LogP contribution in [0.4, 0.5) is 0 Å². The van der Waals surface area contributed by atoms with Gasteiger partial charge < -0.3 is 69.3 Å². The van der Waals surface area contributed by atoms with E-state index >= 15 is 0 Å². The number of aliphatic hydroxyl groups excluding tert-OH is 1. The molecule has 0 aliphatic rings.